The van der Waals surface area contributed by atoms with E-state index in [0.717, 1.165) is 25.9 Å². The molecular formula is C15H29N3O. The van der Waals surface area contributed by atoms with E-state index in [1.165, 1.54) is 25.9 Å². The first-order chi connectivity index (χ1) is 9.08. The molecule has 2 rings (SSSR count). The summed E-state index contributed by atoms with van der Waals surface area (Å²) in [7, 11) is 0. The topological polar surface area (TPSA) is 49.6 Å². The number of hydrogen-bond acceptors (Lipinski definition) is 3. The van der Waals surface area contributed by atoms with E-state index in [1.807, 2.05) is 4.90 Å². The van der Waals surface area contributed by atoms with Gasteiger partial charge in [-0.15, -0.1) is 0 Å². The number of hydrogen-bond donors (Lipinski definition) is 1. The highest BCUT2D eigenvalue weighted by Gasteiger charge is 2.28. The number of rotatable bonds is 4. The van der Waals surface area contributed by atoms with Gasteiger partial charge in [-0.25, -0.2) is 0 Å². The van der Waals surface area contributed by atoms with Crippen LogP contribution in [-0.2, 0) is 4.79 Å². The molecule has 2 aliphatic heterocycles. The van der Waals surface area contributed by atoms with Crippen LogP contribution in [0.5, 0.6) is 0 Å². The van der Waals surface area contributed by atoms with Crippen molar-refractivity contribution in [2.75, 3.05) is 26.2 Å². The van der Waals surface area contributed by atoms with Crippen LogP contribution in [0.4, 0.5) is 0 Å². The third-order valence-corrected chi connectivity index (χ3v) is 4.74. The lowest BCUT2D eigenvalue weighted by molar-refractivity contribution is -0.133. The Balaban J connectivity index is 1.74. The lowest BCUT2D eigenvalue weighted by atomic mass is 9.99. The van der Waals surface area contributed by atoms with Gasteiger partial charge in [-0.05, 0) is 44.7 Å². The number of piperidine rings is 1. The molecule has 1 unspecified atom stereocenters. The zero-order chi connectivity index (χ0) is 13.8. The summed E-state index contributed by atoms with van der Waals surface area (Å²) < 4.78 is 0. The summed E-state index contributed by atoms with van der Waals surface area (Å²) in [4.78, 5) is 16.8. The van der Waals surface area contributed by atoms with Crippen LogP contribution in [0, 0.1) is 5.92 Å². The first-order valence-corrected chi connectivity index (χ1v) is 7.85. The lowest BCUT2D eigenvalue weighted by Crippen LogP contribution is -2.47. The summed E-state index contributed by atoms with van der Waals surface area (Å²) >= 11 is 0. The number of nitrogens with two attached hydrogens (primary N) is 1. The van der Waals surface area contributed by atoms with Crippen molar-refractivity contribution in [3.63, 3.8) is 0 Å². The van der Waals surface area contributed by atoms with Crippen LogP contribution in [-0.4, -0.2) is 54.0 Å². The summed E-state index contributed by atoms with van der Waals surface area (Å²) in [6.45, 7) is 8.53. The van der Waals surface area contributed by atoms with Gasteiger partial charge in [-0.3, -0.25) is 4.79 Å². The molecule has 0 bridgehead atoms. The third-order valence-electron chi connectivity index (χ3n) is 4.74. The fourth-order valence-corrected chi connectivity index (χ4v) is 3.15. The van der Waals surface area contributed by atoms with Gasteiger partial charge in [-0.2, -0.15) is 0 Å². The summed E-state index contributed by atoms with van der Waals surface area (Å²) in [6.07, 6.45) is 5.49. The average Bonchev–Trinajstić information content (AvgIpc) is 2.92. The van der Waals surface area contributed by atoms with Gasteiger partial charge in [0.2, 0.25) is 5.91 Å². The summed E-state index contributed by atoms with van der Waals surface area (Å²) in [5.74, 6) is 0.632. The van der Waals surface area contributed by atoms with Crippen LogP contribution in [0.25, 0.3) is 0 Å². The van der Waals surface area contributed by atoms with Gasteiger partial charge in [0.15, 0.2) is 0 Å². The number of carbonyl (C=O) groups is 1. The Labute approximate surface area is 117 Å². The molecule has 0 aliphatic carbocycles. The van der Waals surface area contributed by atoms with Crippen LogP contribution in [0.15, 0.2) is 0 Å². The van der Waals surface area contributed by atoms with Gasteiger partial charge in [0, 0.05) is 31.6 Å². The van der Waals surface area contributed by atoms with E-state index in [4.69, 9.17) is 5.73 Å². The molecule has 2 aliphatic rings. The minimum absolute atomic E-state index is 0.00352. The molecule has 1 atom stereocenters. The maximum atomic E-state index is 12.2. The van der Waals surface area contributed by atoms with Crippen molar-refractivity contribution in [3.05, 3.63) is 0 Å². The molecule has 0 aromatic carbocycles. The van der Waals surface area contributed by atoms with Crippen LogP contribution >= 0.6 is 0 Å². The van der Waals surface area contributed by atoms with Crippen molar-refractivity contribution in [2.45, 2.75) is 58.0 Å². The van der Waals surface area contributed by atoms with Crippen LogP contribution in [0.1, 0.15) is 46.0 Å². The number of nitrogens with zero attached hydrogens (tertiary/aromatic N) is 2. The maximum absolute atomic E-state index is 12.2. The SMILES string of the molecule is CC(C)C(N)CC(=O)N1CCC(N2CCCC2)CC1. The Morgan fingerprint density at radius 1 is 1.16 bits per heavy atom. The van der Waals surface area contributed by atoms with E-state index in [0.29, 0.717) is 18.4 Å². The van der Waals surface area contributed by atoms with E-state index in [2.05, 4.69) is 18.7 Å². The minimum Gasteiger partial charge on any atom is -0.343 e. The molecule has 0 radical (unpaired) electrons. The quantitative estimate of drug-likeness (QED) is 0.838. The molecular weight excluding hydrogens is 238 g/mol. The van der Waals surface area contributed by atoms with E-state index in [-0.39, 0.29) is 11.9 Å². The summed E-state index contributed by atoms with van der Waals surface area (Å²) in [5, 5.41) is 0. The largest absolute Gasteiger partial charge is 0.343 e. The van der Waals surface area contributed by atoms with Crippen LogP contribution < -0.4 is 5.73 Å². The fraction of sp³-hybridized carbons (Fsp3) is 0.933. The van der Waals surface area contributed by atoms with Gasteiger partial charge in [0.1, 0.15) is 0 Å². The molecule has 19 heavy (non-hydrogen) atoms. The van der Waals surface area contributed by atoms with Crippen molar-refractivity contribution in [1.82, 2.24) is 9.80 Å². The molecule has 1 amide bonds. The summed E-state index contributed by atoms with van der Waals surface area (Å²) in [6, 6.07) is 0.717. The number of amides is 1. The predicted molar refractivity (Wildman–Crippen MR) is 77.8 cm³/mol. The zero-order valence-electron chi connectivity index (χ0n) is 12.5. The molecule has 0 spiro atoms. The number of likely N-dealkylation sites (tertiary alicyclic amines) is 2. The molecule has 0 aromatic heterocycles. The Morgan fingerprint density at radius 2 is 1.74 bits per heavy atom. The van der Waals surface area contributed by atoms with Crippen molar-refractivity contribution >= 4 is 5.91 Å². The zero-order valence-corrected chi connectivity index (χ0v) is 12.5. The monoisotopic (exact) mass is 267 g/mol. The predicted octanol–water partition coefficient (Wildman–Crippen LogP) is 1.45. The van der Waals surface area contributed by atoms with Crippen molar-refractivity contribution < 1.29 is 4.79 Å². The highest BCUT2D eigenvalue weighted by molar-refractivity contribution is 5.76. The van der Waals surface area contributed by atoms with Gasteiger partial charge in [-0.1, -0.05) is 13.8 Å². The molecule has 2 fully saturated rings. The van der Waals surface area contributed by atoms with Crippen LogP contribution in [0.3, 0.4) is 0 Å². The average molecular weight is 267 g/mol. The molecule has 0 saturated carbocycles. The standard InChI is InChI=1S/C15H29N3O/c1-12(2)14(16)11-15(19)18-9-5-13(6-10-18)17-7-3-4-8-17/h12-14H,3-11,16H2,1-2H3. The normalized spacial score (nSPS) is 24.1. The highest BCUT2D eigenvalue weighted by atomic mass is 16.2. The molecule has 4 nitrogen and oxygen atoms in total. The first-order valence-electron chi connectivity index (χ1n) is 7.85. The first kappa shape index (κ1) is 14.8. The Hall–Kier alpha value is -0.610. The van der Waals surface area contributed by atoms with Crippen LogP contribution in [0.2, 0.25) is 0 Å². The minimum atomic E-state index is 0.00352. The number of carbonyl (C=O) groups excluding carboxylic acids is 1. The van der Waals surface area contributed by atoms with Crippen molar-refractivity contribution in [1.29, 1.82) is 0 Å². The molecule has 2 saturated heterocycles. The third kappa shape index (κ3) is 3.93. The fourth-order valence-electron chi connectivity index (χ4n) is 3.15. The van der Waals surface area contributed by atoms with Gasteiger partial charge in [0.05, 0.1) is 0 Å². The molecule has 0 aromatic rings. The Bertz CT molecular complexity index is 292. The Morgan fingerprint density at radius 3 is 2.26 bits per heavy atom. The lowest BCUT2D eigenvalue weighted by Gasteiger charge is -2.37. The second-order valence-electron chi connectivity index (χ2n) is 6.47. The second-order valence-corrected chi connectivity index (χ2v) is 6.47. The Kier molecular flexibility index (Phi) is 5.22. The molecule has 2 heterocycles. The second kappa shape index (κ2) is 6.71. The van der Waals surface area contributed by atoms with E-state index >= 15 is 0 Å². The summed E-state index contributed by atoms with van der Waals surface area (Å²) in [5.41, 5.74) is 6.00. The molecule has 2 N–H and O–H groups in total. The van der Waals surface area contributed by atoms with E-state index < -0.39 is 0 Å². The van der Waals surface area contributed by atoms with Crippen molar-refractivity contribution in [3.8, 4) is 0 Å². The van der Waals surface area contributed by atoms with E-state index in [1.54, 1.807) is 0 Å². The van der Waals surface area contributed by atoms with E-state index in [9.17, 15) is 4.79 Å². The maximum Gasteiger partial charge on any atom is 0.224 e. The van der Waals surface area contributed by atoms with Gasteiger partial charge >= 0.3 is 0 Å². The van der Waals surface area contributed by atoms with Gasteiger partial charge in [0.25, 0.3) is 0 Å². The van der Waals surface area contributed by atoms with Crippen molar-refractivity contribution in [2.24, 2.45) is 11.7 Å². The highest BCUT2D eigenvalue weighted by Crippen LogP contribution is 2.21. The smallest absolute Gasteiger partial charge is 0.224 e. The molecule has 4 heteroatoms. The van der Waals surface area contributed by atoms with Gasteiger partial charge < -0.3 is 15.5 Å². The molecule has 110 valence electrons.